The Morgan fingerprint density at radius 1 is 0.688 bits per heavy atom. The zero-order valence-electron chi connectivity index (χ0n) is 8.77. The fraction of sp³-hybridized carbons (Fsp3) is 0. The van der Waals surface area contributed by atoms with Crippen LogP contribution in [-0.2, 0) is 0 Å². The van der Waals surface area contributed by atoms with Crippen LogP contribution in [0, 0.1) is 0 Å². The van der Waals surface area contributed by atoms with Gasteiger partial charge in [-0.2, -0.15) is 0 Å². The number of nitrogen functional groups attached to an aromatic ring is 1. The molecule has 3 N–H and O–H groups in total. The van der Waals surface area contributed by atoms with Crippen LogP contribution in [0.2, 0.25) is 0 Å². The molecule has 3 aromatic rings. The molecule has 3 rings (SSSR count). The molecule has 0 aromatic heterocycles. The minimum atomic E-state index is 0.961. The van der Waals surface area contributed by atoms with Crippen LogP contribution >= 0.6 is 0 Å². The molecule has 2 nitrogen and oxygen atoms in total. The van der Waals surface area contributed by atoms with Crippen LogP contribution in [-0.4, -0.2) is 0 Å². The number of hydrogen-bond acceptors (Lipinski definition) is 2. The number of hydrogen-bond donors (Lipinski definition) is 2. The Morgan fingerprint density at radius 2 is 1.50 bits per heavy atom. The Labute approximate surface area is 93.7 Å². The van der Waals surface area contributed by atoms with Gasteiger partial charge in [0.25, 0.3) is 0 Å². The largest absolute Gasteiger partial charge is 0.324 e. The summed E-state index contributed by atoms with van der Waals surface area (Å²) in [7, 11) is 0. The van der Waals surface area contributed by atoms with Crippen molar-refractivity contribution in [3.8, 4) is 0 Å². The molecule has 0 bridgehead atoms. The van der Waals surface area contributed by atoms with Gasteiger partial charge in [-0.05, 0) is 22.2 Å². The fourth-order valence-electron chi connectivity index (χ4n) is 2.17. The second kappa shape index (κ2) is 3.51. The molecule has 0 saturated heterocycles. The van der Waals surface area contributed by atoms with Gasteiger partial charge in [-0.15, -0.1) is 0 Å². The van der Waals surface area contributed by atoms with E-state index in [1.807, 2.05) is 12.1 Å². The molecule has 0 radical (unpaired) electrons. The quantitative estimate of drug-likeness (QED) is 0.366. The van der Waals surface area contributed by atoms with E-state index < -0.39 is 0 Å². The molecule has 0 aliphatic rings. The predicted octanol–water partition coefficient (Wildman–Crippen LogP) is 3.28. The monoisotopic (exact) mass is 208 g/mol. The SMILES string of the molecule is NNc1cccc2c1ccc1ccccc12. The smallest absolute Gasteiger partial charge is 0.0563 e. The van der Waals surface area contributed by atoms with E-state index in [0.29, 0.717) is 0 Å². The highest BCUT2D eigenvalue weighted by Crippen LogP contribution is 2.29. The van der Waals surface area contributed by atoms with Crippen molar-refractivity contribution in [3.63, 3.8) is 0 Å². The summed E-state index contributed by atoms with van der Waals surface area (Å²) < 4.78 is 0. The summed E-state index contributed by atoms with van der Waals surface area (Å²) in [6, 6.07) is 18.7. The van der Waals surface area contributed by atoms with Gasteiger partial charge in [0.1, 0.15) is 0 Å². The summed E-state index contributed by atoms with van der Waals surface area (Å²) in [5, 5.41) is 4.90. The van der Waals surface area contributed by atoms with Gasteiger partial charge in [-0.25, -0.2) is 0 Å². The van der Waals surface area contributed by atoms with Gasteiger partial charge in [0.2, 0.25) is 0 Å². The molecule has 2 heteroatoms. The number of fused-ring (bicyclic) bond motifs is 3. The molecule has 0 amide bonds. The Morgan fingerprint density at radius 3 is 2.38 bits per heavy atom. The van der Waals surface area contributed by atoms with Crippen molar-refractivity contribution in [2.24, 2.45) is 5.84 Å². The van der Waals surface area contributed by atoms with E-state index in [-0.39, 0.29) is 0 Å². The van der Waals surface area contributed by atoms with E-state index in [4.69, 9.17) is 5.84 Å². The maximum absolute atomic E-state index is 5.51. The first-order chi connectivity index (χ1) is 7.90. The Balaban J connectivity index is 2.52. The first kappa shape index (κ1) is 9.19. The lowest BCUT2D eigenvalue weighted by Gasteiger charge is -2.08. The molecule has 0 aliphatic heterocycles. The number of benzene rings is 3. The first-order valence-electron chi connectivity index (χ1n) is 5.27. The van der Waals surface area contributed by atoms with Gasteiger partial charge in [0, 0.05) is 5.39 Å². The molecule has 0 heterocycles. The van der Waals surface area contributed by atoms with Crippen LogP contribution in [0.5, 0.6) is 0 Å². The van der Waals surface area contributed by atoms with Crippen LogP contribution in [0.4, 0.5) is 5.69 Å². The van der Waals surface area contributed by atoms with Crippen LogP contribution in [0.3, 0.4) is 0 Å². The van der Waals surface area contributed by atoms with E-state index in [1.165, 1.54) is 16.2 Å². The normalized spacial score (nSPS) is 10.8. The first-order valence-corrected chi connectivity index (χ1v) is 5.27. The highest BCUT2D eigenvalue weighted by Gasteiger charge is 2.02. The highest BCUT2D eigenvalue weighted by molar-refractivity contribution is 6.11. The van der Waals surface area contributed by atoms with Gasteiger partial charge < -0.3 is 5.43 Å². The Kier molecular flexibility index (Phi) is 2.01. The molecule has 3 aromatic carbocycles. The van der Waals surface area contributed by atoms with Gasteiger partial charge in [0.05, 0.1) is 5.69 Å². The van der Waals surface area contributed by atoms with Crippen molar-refractivity contribution in [3.05, 3.63) is 54.6 Å². The summed E-state index contributed by atoms with van der Waals surface area (Å²) in [5.41, 5.74) is 3.70. The average molecular weight is 208 g/mol. The third-order valence-electron chi connectivity index (χ3n) is 2.94. The molecule has 0 fully saturated rings. The second-order valence-corrected chi connectivity index (χ2v) is 3.83. The van der Waals surface area contributed by atoms with Gasteiger partial charge in [-0.3, -0.25) is 5.84 Å². The number of nitrogens with two attached hydrogens (primary N) is 1. The molecule has 0 aliphatic carbocycles. The van der Waals surface area contributed by atoms with Crippen LogP contribution in [0.15, 0.2) is 54.6 Å². The molecule has 78 valence electrons. The molecular weight excluding hydrogens is 196 g/mol. The lowest BCUT2D eigenvalue weighted by molar-refractivity contribution is 1.37. The summed E-state index contributed by atoms with van der Waals surface area (Å²) in [6.45, 7) is 0. The minimum Gasteiger partial charge on any atom is -0.324 e. The molecule has 0 unspecified atom stereocenters. The van der Waals surface area contributed by atoms with Crippen molar-refractivity contribution in [1.29, 1.82) is 0 Å². The number of nitrogens with one attached hydrogen (secondary N) is 1. The Bertz CT molecular complexity index is 659. The van der Waals surface area contributed by atoms with Crippen LogP contribution in [0.25, 0.3) is 21.5 Å². The zero-order chi connectivity index (χ0) is 11.0. The summed E-state index contributed by atoms with van der Waals surface area (Å²) in [4.78, 5) is 0. The van der Waals surface area contributed by atoms with Gasteiger partial charge in [-0.1, -0.05) is 48.5 Å². The van der Waals surface area contributed by atoms with Crippen molar-refractivity contribution < 1.29 is 0 Å². The fourth-order valence-corrected chi connectivity index (χ4v) is 2.17. The molecule has 0 atom stereocenters. The van der Waals surface area contributed by atoms with Gasteiger partial charge >= 0.3 is 0 Å². The molecule has 0 spiro atoms. The maximum Gasteiger partial charge on any atom is 0.0563 e. The van der Waals surface area contributed by atoms with Gasteiger partial charge in [0.15, 0.2) is 0 Å². The van der Waals surface area contributed by atoms with E-state index in [2.05, 4.69) is 47.9 Å². The maximum atomic E-state index is 5.51. The second-order valence-electron chi connectivity index (χ2n) is 3.83. The third kappa shape index (κ3) is 1.24. The summed E-state index contributed by atoms with van der Waals surface area (Å²) >= 11 is 0. The van der Waals surface area contributed by atoms with Crippen molar-refractivity contribution in [2.75, 3.05) is 5.43 Å². The van der Waals surface area contributed by atoms with E-state index in [0.717, 1.165) is 11.1 Å². The van der Waals surface area contributed by atoms with E-state index in [9.17, 15) is 0 Å². The molecule has 0 saturated carbocycles. The standard InChI is InChI=1S/C14H12N2/c15-16-14-7-3-6-12-11-5-2-1-4-10(11)8-9-13(12)14/h1-9,16H,15H2. The zero-order valence-corrected chi connectivity index (χ0v) is 8.77. The average Bonchev–Trinajstić information content (AvgIpc) is 2.37. The predicted molar refractivity (Wildman–Crippen MR) is 69.3 cm³/mol. The topological polar surface area (TPSA) is 38.0 Å². The number of rotatable bonds is 1. The van der Waals surface area contributed by atoms with Crippen molar-refractivity contribution in [1.82, 2.24) is 0 Å². The minimum absolute atomic E-state index is 0.961. The van der Waals surface area contributed by atoms with E-state index in [1.54, 1.807) is 0 Å². The van der Waals surface area contributed by atoms with E-state index >= 15 is 0 Å². The molecule has 16 heavy (non-hydrogen) atoms. The highest BCUT2D eigenvalue weighted by atomic mass is 15.2. The van der Waals surface area contributed by atoms with Crippen molar-refractivity contribution in [2.45, 2.75) is 0 Å². The number of hydrazine groups is 1. The third-order valence-corrected chi connectivity index (χ3v) is 2.94. The Hall–Kier alpha value is -2.06. The number of anilines is 1. The van der Waals surface area contributed by atoms with Crippen molar-refractivity contribution >= 4 is 27.2 Å². The van der Waals surface area contributed by atoms with Crippen LogP contribution < -0.4 is 11.3 Å². The summed E-state index contributed by atoms with van der Waals surface area (Å²) in [5.74, 6) is 5.51. The lowest BCUT2D eigenvalue weighted by atomic mass is 10.0. The summed E-state index contributed by atoms with van der Waals surface area (Å²) in [6.07, 6.45) is 0. The molecular formula is C14H12N2. The lowest BCUT2D eigenvalue weighted by Crippen LogP contribution is -2.06. The van der Waals surface area contributed by atoms with Crippen LogP contribution in [0.1, 0.15) is 0 Å².